The van der Waals surface area contributed by atoms with Crippen LogP contribution in [0.2, 0.25) is 0 Å². The molecule has 9 heterocycles. The van der Waals surface area contributed by atoms with Gasteiger partial charge in [-0.15, -0.1) is 35.3 Å². The summed E-state index contributed by atoms with van der Waals surface area (Å²) in [6.45, 7) is 12.8. The van der Waals surface area contributed by atoms with E-state index in [1.807, 2.05) is 20.8 Å². The molecular weight excluding hydrogens is 1480 g/mol. The van der Waals surface area contributed by atoms with Crippen LogP contribution in [0.3, 0.4) is 0 Å². The van der Waals surface area contributed by atoms with E-state index in [1.165, 1.54) is 85.0 Å². The zero-order valence-electron chi connectivity index (χ0n) is 60.0. The monoisotopic (exact) mass is 1580 g/mol. The Labute approximate surface area is 630 Å². The molecule has 37 heteroatoms. The SMILES string of the molecule is C[C@@H](O)[C@H]1C(=O)N2C(C(=O)O)=C(SCCCC=N)C[C@H]12.C[C@@H](O)[C@H]1C(=O)N2C(C(=O)O)=C(S[C@@H]3CC[C@H](C(=O)N(C)C)C3)[C@H](C)[C@H]12.C[C@@H](O)[C@H]1C(=O)N2C(C(=O)O)=C(S[C@@H]3CC[C@H](CNS(N)(=O)=O)C3)[C@H](C)[C@H]12.C[C@@H](O)[C@H]1C(=O)N2C(C(=O)O)C(S[C@@H]3CN[C@H](C(=O)Nc4cccc(C(=O)O)c4)C3)[C@H](C)[C@H]12. The molecule has 2 aliphatic carbocycles. The van der Waals surface area contributed by atoms with Gasteiger partial charge in [-0.25, -0.2) is 33.8 Å². The maximum absolute atomic E-state index is 12.7. The number of carboxylic acids is 5. The Bertz CT molecular complexity index is 3870. The molecule has 1 aromatic carbocycles. The fourth-order valence-corrected chi connectivity index (χ4v) is 23.5. The topological polar surface area (TPSA) is 506 Å². The second-order valence-electron chi connectivity index (χ2n) is 29.3. The number of carboxylic acid groups (broad SMARTS) is 5. The molecule has 11 aliphatic rings. The molecule has 12 rings (SSSR count). The Kier molecular flexibility index (Phi) is 26.8. The lowest BCUT2D eigenvalue weighted by molar-refractivity contribution is -0.171. The molecule has 2 unspecified atom stereocenters. The Balaban J connectivity index is 0.000000166. The number of thioether (sulfide) groups is 4. The smallest absolute Gasteiger partial charge is 0.353 e. The summed E-state index contributed by atoms with van der Waals surface area (Å²) in [6.07, 6.45) is 5.41. The molecule has 8 fully saturated rings. The number of aromatic carboxylic acids is 1. The highest BCUT2D eigenvalue weighted by Gasteiger charge is 2.66. The Morgan fingerprint density at radius 2 is 1.22 bits per heavy atom. The van der Waals surface area contributed by atoms with Crippen LogP contribution in [0.4, 0.5) is 5.69 Å². The highest BCUT2D eigenvalue weighted by molar-refractivity contribution is 8.04. The molecule has 0 radical (unpaired) electrons. The first-order valence-corrected chi connectivity index (χ1v) is 40.6. The summed E-state index contributed by atoms with van der Waals surface area (Å²) < 4.78 is 24.4. The summed E-state index contributed by atoms with van der Waals surface area (Å²) in [6, 6.07) is 3.44. The summed E-state index contributed by atoms with van der Waals surface area (Å²) in [7, 11) is -0.219. The van der Waals surface area contributed by atoms with Crippen molar-refractivity contribution in [2.45, 2.75) is 194 Å². The highest BCUT2D eigenvalue weighted by atomic mass is 32.2. The first-order chi connectivity index (χ1) is 49.7. The summed E-state index contributed by atoms with van der Waals surface area (Å²) in [5, 5.41) is 105. The van der Waals surface area contributed by atoms with Gasteiger partial charge in [0.1, 0.15) is 23.1 Å². The Morgan fingerprint density at radius 1 is 0.689 bits per heavy atom. The second-order valence-corrected chi connectivity index (χ2v) is 36.0. The molecule has 584 valence electrons. The van der Waals surface area contributed by atoms with Crippen LogP contribution in [0, 0.1) is 58.7 Å². The van der Waals surface area contributed by atoms with Crippen molar-refractivity contribution >= 4 is 134 Å². The molecule has 23 atom stereocenters. The van der Waals surface area contributed by atoms with E-state index in [9.17, 15) is 102 Å². The Hall–Kier alpha value is -6.65. The predicted molar refractivity (Wildman–Crippen MR) is 392 cm³/mol. The van der Waals surface area contributed by atoms with Gasteiger partial charge in [-0.05, 0) is 127 Å². The predicted octanol–water partition coefficient (Wildman–Crippen LogP) is 2.49. The van der Waals surface area contributed by atoms with Gasteiger partial charge in [-0.3, -0.25) is 28.8 Å². The van der Waals surface area contributed by atoms with Crippen molar-refractivity contribution in [3.63, 3.8) is 0 Å². The van der Waals surface area contributed by atoms with Crippen molar-refractivity contribution in [3.05, 3.63) is 61.6 Å². The quantitative estimate of drug-likeness (QED) is 0.0360. The molecule has 2 saturated carbocycles. The van der Waals surface area contributed by atoms with E-state index in [1.54, 1.807) is 58.8 Å². The van der Waals surface area contributed by atoms with Crippen LogP contribution in [-0.2, 0) is 58.2 Å². The maximum atomic E-state index is 12.7. The van der Waals surface area contributed by atoms with Gasteiger partial charge in [0.25, 0.3) is 10.2 Å². The van der Waals surface area contributed by atoms with E-state index >= 15 is 0 Å². The number of nitrogens with zero attached hydrogens (tertiary/aromatic N) is 5. The number of carbonyl (C=O) groups excluding carboxylic acids is 6. The van der Waals surface area contributed by atoms with Crippen molar-refractivity contribution in [1.29, 1.82) is 5.41 Å². The number of fused-ring (bicyclic) bond motifs is 4. The molecule has 9 aliphatic heterocycles. The third-order valence-corrected chi connectivity index (χ3v) is 28.6. The summed E-state index contributed by atoms with van der Waals surface area (Å²) in [5.74, 6) is -8.56. The fourth-order valence-electron chi connectivity index (χ4n) is 16.9. The number of hydrogen-bond acceptors (Lipinski definition) is 23. The third kappa shape index (κ3) is 17.0. The average Bonchev–Trinajstić information content (AvgIpc) is 1.53. The molecule has 32 nitrogen and oxygen atoms in total. The number of aliphatic carboxylic acids is 4. The van der Waals surface area contributed by atoms with E-state index in [0.29, 0.717) is 46.2 Å². The molecule has 1 aromatic rings. The number of nitrogens with one attached hydrogen (secondary N) is 4. The Morgan fingerprint density at radius 3 is 1.72 bits per heavy atom. The van der Waals surface area contributed by atoms with Crippen molar-refractivity contribution in [2.75, 3.05) is 38.3 Å². The fraction of sp³-hybridized carbons (Fsp3) is 0.652. The minimum atomic E-state index is -3.72. The summed E-state index contributed by atoms with van der Waals surface area (Å²) in [5.41, 5.74) is 0.643. The minimum absolute atomic E-state index is 0.0167. The van der Waals surface area contributed by atoms with Gasteiger partial charge in [0, 0.05) is 92.8 Å². The lowest BCUT2D eigenvalue weighted by atomic mass is 9.79. The van der Waals surface area contributed by atoms with E-state index in [4.69, 9.17) is 15.7 Å². The number of aliphatic hydroxyl groups is 4. The molecule has 15 N–H and O–H groups in total. The largest absolute Gasteiger partial charge is 0.480 e. The van der Waals surface area contributed by atoms with Gasteiger partial charge in [0.15, 0.2) is 0 Å². The number of carbonyl (C=O) groups is 11. The zero-order valence-corrected chi connectivity index (χ0v) is 64.1. The van der Waals surface area contributed by atoms with Crippen LogP contribution < -0.4 is 20.5 Å². The zero-order chi connectivity index (χ0) is 78.3. The number of nitrogens with two attached hydrogens (primary N) is 1. The molecule has 6 saturated heterocycles. The number of amides is 6. The van der Waals surface area contributed by atoms with Crippen molar-refractivity contribution < 1.29 is 107 Å². The van der Waals surface area contributed by atoms with Gasteiger partial charge in [0.2, 0.25) is 35.4 Å². The first kappa shape index (κ1) is 83.4. The number of unbranched alkanes of at least 4 members (excludes halogenated alkanes) is 1. The second kappa shape index (κ2) is 34.1. The highest BCUT2D eigenvalue weighted by Crippen LogP contribution is 2.56. The number of hydrogen-bond donors (Lipinski definition) is 14. The number of benzene rings is 1. The summed E-state index contributed by atoms with van der Waals surface area (Å²) in [4.78, 5) is 141. The van der Waals surface area contributed by atoms with Crippen LogP contribution in [-0.4, -0.2) is 265 Å². The van der Waals surface area contributed by atoms with Crippen LogP contribution in [0.15, 0.2) is 56.1 Å². The standard InChI is InChI=1S/C22H27N3O7S.C18H26N2O5S.C16H25N3O6S2.C13H18N2O4S/c1-9-16-15(10(2)26)20(28)25(16)17(22(31)32)18(9)33-13-7-14(23-8-13)19(27)24-12-5-3-4-11(6-12)21(29)30;1-8-13-12(9(2)21)17(23)20(13)14(18(24)25)15(8)26-11-6-5-10(7-11)16(22)19(3)4;1-7-12-11(8(2)20)15(21)19(12)13(16(22)23)14(7)26-10-4-3-9(5-10)6-18-27(17,24)25;1-7(16)10-8-6-9(20-5-3-2-4-14)11(13(18)19)15(8)12(10)17/h3-6,9-10,13-18,23,26H,7-8H2,1-2H3,(H,24,27)(H,29,30)(H,31,32);8-13,21H,5-7H2,1-4H3,(H,24,25);7-12,18,20H,3-6H2,1-2H3,(H,22,23)(H2,17,24,25);4,7-8,10,14,16H,2-3,5-6H2,1H3,(H,18,19)/t9-,10-,13+,14+,15-,16-,17?,18?;8-,9-,10+,11-,12-,13-;7-,8-,9+,10-,11-,12-;7-,8-,10-/m1111/s1. The molecular formula is C69H96N10O22S5. The van der Waals surface area contributed by atoms with E-state index in [-0.39, 0.29) is 139 Å². The van der Waals surface area contributed by atoms with Gasteiger partial charge in [0.05, 0.1) is 83.9 Å². The first-order valence-electron chi connectivity index (χ1n) is 35.4. The number of anilines is 1. The summed E-state index contributed by atoms with van der Waals surface area (Å²) >= 11 is 5.91. The normalized spacial score (nSPS) is 32.8. The molecule has 0 aromatic heterocycles. The maximum Gasteiger partial charge on any atom is 0.353 e. The van der Waals surface area contributed by atoms with Crippen LogP contribution >= 0.6 is 47.0 Å². The lowest BCUT2D eigenvalue weighted by Gasteiger charge is -2.47. The van der Waals surface area contributed by atoms with Crippen LogP contribution in [0.25, 0.3) is 0 Å². The van der Waals surface area contributed by atoms with E-state index in [2.05, 4.69) is 15.4 Å². The number of rotatable bonds is 26. The van der Waals surface area contributed by atoms with Gasteiger partial charge >= 0.3 is 29.8 Å². The van der Waals surface area contributed by atoms with E-state index < -0.39 is 100 Å². The average molecular weight is 1580 g/mol. The van der Waals surface area contributed by atoms with E-state index in [0.717, 1.165) is 50.7 Å². The molecule has 0 spiro atoms. The number of β-lactam (4-membered cyclic amide) rings is 4. The van der Waals surface area contributed by atoms with Crippen LogP contribution in [0.1, 0.15) is 123 Å². The van der Waals surface area contributed by atoms with Crippen molar-refractivity contribution in [1.82, 2.24) is 34.5 Å². The van der Waals surface area contributed by atoms with Gasteiger partial charge in [-0.1, -0.05) is 26.8 Å². The van der Waals surface area contributed by atoms with Crippen LogP contribution in [0.5, 0.6) is 0 Å². The minimum Gasteiger partial charge on any atom is -0.480 e. The van der Waals surface area contributed by atoms with Gasteiger partial charge in [-0.2, -0.15) is 20.2 Å². The third-order valence-electron chi connectivity index (χ3n) is 21.9. The molecule has 106 heavy (non-hydrogen) atoms. The van der Waals surface area contributed by atoms with Crippen molar-refractivity contribution in [2.24, 2.45) is 58.4 Å². The van der Waals surface area contributed by atoms with Crippen molar-refractivity contribution in [3.8, 4) is 0 Å². The molecule has 6 amide bonds. The van der Waals surface area contributed by atoms with Gasteiger partial charge < -0.3 is 86.5 Å². The molecule has 0 bridgehead atoms. The lowest BCUT2D eigenvalue weighted by Crippen LogP contribution is -2.65. The number of aliphatic hydroxyl groups excluding tert-OH is 4.